The Labute approximate surface area is 189 Å². The molecule has 28 heavy (non-hydrogen) atoms. The second-order valence-corrected chi connectivity index (χ2v) is 7.90. The normalized spacial score (nSPS) is 17.8. The molecule has 0 amide bonds. The zero-order valence-electron chi connectivity index (χ0n) is 17.0. The second-order valence-electron chi connectivity index (χ2n) is 6.92. The van der Waals surface area contributed by atoms with Gasteiger partial charge in [-0.05, 0) is 35.6 Å². The van der Waals surface area contributed by atoms with Gasteiger partial charge < -0.3 is 19.7 Å². The molecule has 5 nitrogen and oxygen atoms in total. The van der Waals surface area contributed by atoms with Gasteiger partial charge in [0.25, 0.3) is 0 Å². The number of guanidine groups is 1. The van der Waals surface area contributed by atoms with Gasteiger partial charge in [0.1, 0.15) is 11.5 Å². The lowest BCUT2D eigenvalue weighted by Crippen LogP contribution is -2.41. The van der Waals surface area contributed by atoms with E-state index < -0.39 is 0 Å². The van der Waals surface area contributed by atoms with Gasteiger partial charge in [-0.25, -0.2) is 0 Å². The van der Waals surface area contributed by atoms with Crippen molar-refractivity contribution in [2.45, 2.75) is 25.2 Å². The van der Waals surface area contributed by atoms with Crippen LogP contribution in [0.3, 0.4) is 0 Å². The summed E-state index contributed by atoms with van der Waals surface area (Å²) in [5, 5.41) is 5.68. The van der Waals surface area contributed by atoms with E-state index in [4.69, 9.17) is 9.47 Å². The number of benzene rings is 1. The highest BCUT2D eigenvalue weighted by Crippen LogP contribution is 2.33. The van der Waals surface area contributed by atoms with Crippen LogP contribution in [0.4, 0.5) is 0 Å². The zero-order valence-corrected chi connectivity index (χ0v) is 20.1. The molecule has 1 aromatic carbocycles. The van der Waals surface area contributed by atoms with E-state index in [2.05, 4.69) is 51.8 Å². The molecule has 2 aromatic rings. The summed E-state index contributed by atoms with van der Waals surface area (Å²) in [6.07, 6.45) is 1.09. The van der Waals surface area contributed by atoms with Crippen molar-refractivity contribution >= 4 is 41.3 Å². The van der Waals surface area contributed by atoms with Gasteiger partial charge in [0, 0.05) is 49.5 Å². The molecule has 3 rings (SSSR count). The van der Waals surface area contributed by atoms with Crippen molar-refractivity contribution in [3.05, 3.63) is 46.2 Å². The van der Waals surface area contributed by atoms with Gasteiger partial charge in [0.2, 0.25) is 0 Å². The molecule has 1 aliphatic heterocycles. The summed E-state index contributed by atoms with van der Waals surface area (Å²) in [5.41, 5.74) is 1.26. The first-order chi connectivity index (χ1) is 13.1. The molecule has 0 spiro atoms. The number of hydrogen-bond donors (Lipinski definition) is 1. The number of rotatable bonds is 6. The number of aliphatic imine (C=N–C) groups is 1. The first-order valence-corrected chi connectivity index (χ1v) is 10.2. The number of ether oxygens (including phenoxy) is 2. The number of nitrogens with zero attached hydrogens (tertiary/aromatic N) is 2. The minimum atomic E-state index is 0. The smallest absolute Gasteiger partial charge is 0.193 e. The molecule has 0 saturated carbocycles. The van der Waals surface area contributed by atoms with Crippen LogP contribution in [-0.4, -0.2) is 51.8 Å². The predicted octanol–water partition coefficient (Wildman–Crippen LogP) is 4.55. The molecule has 2 heterocycles. The Bertz CT molecular complexity index is 745. The predicted molar refractivity (Wildman–Crippen MR) is 128 cm³/mol. The van der Waals surface area contributed by atoms with Crippen molar-refractivity contribution in [1.29, 1.82) is 0 Å². The Hall–Kier alpha value is -1.48. The number of likely N-dealkylation sites (tertiary alicyclic amines) is 1. The van der Waals surface area contributed by atoms with E-state index in [1.165, 1.54) is 10.4 Å². The molecule has 1 saturated heterocycles. The summed E-state index contributed by atoms with van der Waals surface area (Å²) in [5.74, 6) is 3.59. The van der Waals surface area contributed by atoms with Crippen molar-refractivity contribution in [3.8, 4) is 11.5 Å². The van der Waals surface area contributed by atoms with Gasteiger partial charge in [-0.2, -0.15) is 0 Å². The van der Waals surface area contributed by atoms with Gasteiger partial charge in [-0.1, -0.05) is 13.0 Å². The maximum atomic E-state index is 5.42. The topological polar surface area (TPSA) is 46.1 Å². The molecular formula is C21H30IN3O2S. The monoisotopic (exact) mass is 515 g/mol. The quantitative estimate of drug-likeness (QED) is 0.349. The van der Waals surface area contributed by atoms with Crippen LogP contribution in [-0.2, 0) is 0 Å². The molecule has 154 valence electrons. The number of halogens is 1. The van der Waals surface area contributed by atoms with Gasteiger partial charge >= 0.3 is 0 Å². The minimum Gasteiger partial charge on any atom is -0.497 e. The molecular weight excluding hydrogens is 485 g/mol. The van der Waals surface area contributed by atoms with E-state index in [0.29, 0.717) is 11.8 Å². The lowest BCUT2D eigenvalue weighted by atomic mass is 9.98. The fraction of sp³-hybridized carbons (Fsp3) is 0.476. The second kappa shape index (κ2) is 10.9. The average molecular weight is 515 g/mol. The van der Waals surface area contributed by atoms with Crippen molar-refractivity contribution < 1.29 is 9.47 Å². The largest absolute Gasteiger partial charge is 0.497 e. The van der Waals surface area contributed by atoms with E-state index in [-0.39, 0.29) is 24.0 Å². The molecule has 2 unspecified atom stereocenters. The highest BCUT2D eigenvalue weighted by atomic mass is 127. The summed E-state index contributed by atoms with van der Waals surface area (Å²) in [7, 11) is 5.25. The van der Waals surface area contributed by atoms with Crippen LogP contribution in [0.25, 0.3) is 0 Å². The molecule has 1 fully saturated rings. The van der Waals surface area contributed by atoms with Crippen LogP contribution in [0.2, 0.25) is 0 Å². The molecule has 0 aliphatic carbocycles. The van der Waals surface area contributed by atoms with Gasteiger partial charge in [0.05, 0.1) is 14.2 Å². The Morgan fingerprint density at radius 1 is 1.29 bits per heavy atom. The molecule has 1 aromatic heterocycles. The van der Waals surface area contributed by atoms with Gasteiger partial charge in [-0.3, -0.25) is 4.99 Å². The lowest BCUT2D eigenvalue weighted by molar-refractivity contribution is 0.392. The third-order valence-electron chi connectivity index (χ3n) is 5.14. The van der Waals surface area contributed by atoms with Crippen LogP contribution in [0.5, 0.6) is 11.5 Å². The number of hydrogen-bond acceptors (Lipinski definition) is 4. The van der Waals surface area contributed by atoms with Gasteiger partial charge in [0.15, 0.2) is 5.96 Å². The molecule has 2 atom stereocenters. The molecule has 7 heteroatoms. The number of methoxy groups -OCH3 is 2. The summed E-state index contributed by atoms with van der Waals surface area (Å²) in [4.78, 5) is 8.25. The van der Waals surface area contributed by atoms with Crippen LogP contribution >= 0.6 is 35.3 Å². The summed E-state index contributed by atoms with van der Waals surface area (Å²) >= 11 is 1.81. The van der Waals surface area contributed by atoms with E-state index in [9.17, 15) is 0 Å². The summed E-state index contributed by atoms with van der Waals surface area (Å²) < 4.78 is 10.8. The van der Waals surface area contributed by atoms with Crippen molar-refractivity contribution in [2.75, 3.05) is 40.9 Å². The fourth-order valence-electron chi connectivity index (χ4n) is 3.54. The van der Waals surface area contributed by atoms with E-state index in [1.807, 2.05) is 24.5 Å². The maximum absolute atomic E-state index is 5.42. The first kappa shape index (κ1) is 22.8. The molecule has 0 bridgehead atoms. The van der Waals surface area contributed by atoms with Crippen molar-refractivity contribution in [2.24, 2.45) is 4.99 Å². The van der Waals surface area contributed by atoms with Crippen molar-refractivity contribution in [1.82, 2.24) is 10.2 Å². The Kier molecular flexibility index (Phi) is 8.88. The molecule has 1 N–H and O–H groups in total. The minimum absolute atomic E-state index is 0. The third kappa shape index (κ3) is 5.53. The van der Waals surface area contributed by atoms with E-state index in [0.717, 1.165) is 43.5 Å². The fourth-order valence-corrected chi connectivity index (χ4v) is 4.33. The average Bonchev–Trinajstić information content (AvgIpc) is 3.40. The van der Waals surface area contributed by atoms with Gasteiger partial charge in [-0.15, -0.1) is 35.3 Å². The van der Waals surface area contributed by atoms with Crippen LogP contribution in [0.1, 0.15) is 35.6 Å². The molecule has 0 radical (unpaired) electrons. The van der Waals surface area contributed by atoms with E-state index >= 15 is 0 Å². The summed E-state index contributed by atoms with van der Waals surface area (Å²) in [6.45, 7) is 5.09. The van der Waals surface area contributed by atoms with Crippen LogP contribution in [0.15, 0.2) is 40.7 Å². The highest BCUT2D eigenvalue weighted by molar-refractivity contribution is 14.0. The highest BCUT2D eigenvalue weighted by Gasteiger charge is 2.27. The number of nitrogens with one attached hydrogen (secondary N) is 1. The number of thiophene rings is 1. The van der Waals surface area contributed by atoms with Crippen LogP contribution in [0, 0.1) is 0 Å². The third-order valence-corrected chi connectivity index (χ3v) is 6.24. The van der Waals surface area contributed by atoms with Crippen LogP contribution < -0.4 is 14.8 Å². The molecule has 1 aliphatic rings. The standard InChI is InChI=1S/C21H29N3O2S.HI/c1-15(20-6-5-9-27-20)13-23-21(22-2)24-8-7-16(14-24)17-10-18(25-3)12-19(11-17)26-4;/h5-6,9-12,15-16H,7-8,13-14H2,1-4H3,(H,22,23);1H. The zero-order chi connectivity index (χ0) is 19.2. The maximum Gasteiger partial charge on any atom is 0.193 e. The summed E-state index contributed by atoms with van der Waals surface area (Å²) in [6, 6.07) is 10.5. The lowest BCUT2D eigenvalue weighted by Gasteiger charge is -2.23. The SMILES string of the molecule is CN=C(NCC(C)c1cccs1)N1CCC(c2cc(OC)cc(OC)c2)C1.I. The Morgan fingerprint density at radius 3 is 2.57 bits per heavy atom. The van der Waals surface area contributed by atoms with Crippen molar-refractivity contribution in [3.63, 3.8) is 0 Å². The van der Waals surface area contributed by atoms with E-state index in [1.54, 1.807) is 14.2 Å². The Morgan fingerprint density at radius 2 is 2.00 bits per heavy atom. The first-order valence-electron chi connectivity index (χ1n) is 9.36. The Balaban J connectivity index is 0.00000280.